The summed E-state index contributed by atoms with van der Waals surface area (Å²) in [5.74, 6) is 0. The molecule has 0 saturated heterocycles. The summed E-state index contributed by atoms with van der Waals surface area (Å²) in [7, 11) is -8.38. The second-order valence-electron chi connectivity index (χ2n) is 16.7. The highest BCUT2D eigenvalue weighted by Gasteiger charge is 2.43. The molecule has 0 aromatic heterocycles. The first-order valence-corrected chi connectivity index (χ1v) is 25.5. The third-order valence-corrected chi connectivity index (χ3v) is 20.9. The SMILES string of the molecule is CCCCCCCCCCCCC[C@@H](O)C[C@H](O[Si](C)(C)C(C)(C)C)[C@H](CO[Si](C)(C)C(C)(C)C)NS(=O)(=O)c1ccc(C)cc1. The molecule has 6 nitrogen and oxygen atoms in total. The van der Waals surface area contributed by atoms with Crippen LogP contribution in [-0.4, -0.2) is 55.0 Å². The zero-order chi connectivity index (χ0) is 35.2. The molecule has 2 N–H and O–H groups in total. The number of aryl methyl sites for hydroxylation is 1. The van der Waals surface area contributed by atoms with Crippen LogP contribution in [0.5, 0.6) is 0 Å². The van der Waals surface area contributed by atoms with Crippen molar-refractivity contribution in [1.82, 2.24) is 4.72 Å². The number of rotatable bonds is 23. The van der Waals surface area contributed by atoms with Crippen molar-refractivity contribution in [2.45, 2.75) is 198 Å². The van der Waals surface area contributed by atoms with Gasteiger partial charge in [-0.2, -0.15) is 0 Å². The van der Waals surface area contributed by atoms with Gasteiger partial charge in [0, 0.05) is 0 Å². The first-order valence-electron chi connectivity index (χ1n) is 18.2. The summed E-state index contributed by atoms with van der Waals surface area (Å²) in [6.45, 7) is 26.3. The van der Waals surface area contributed by atoms with Crippen molar-refractivity contribution in [2.24, 2.45) is 0 Å². The number of benzene rings is 1. The quantitative estimate of drug-likeness (QED) is 0.0877. The number of hydrogen-bond acceptors (Lipinski definition) is 5. The van der Waals surface area contributed by atoms with Gasteiger partial charge in [-0.15, -0.1) is 0 Å². The Labute approximate surface area is 287 Å². The molecule has 0 unspecified atom stereocenters. The van der Waals surface area contributed by atoms with Crippen molar-refractivity contribution in [2.75, 3.05) is 6.61 Å². The minimum absolute atomic E-state index is 0.0300. The lowest BCUT2D eigenvalue weighted by molar-refractivity contribution is 0.0495. The predicted molar refractivity (Wildman–Crippen MR) is 202 cm³/mol. The van der Waals surface area contributed by atoms with Crippen LogP contribution in [0.3, 0.4) is 0 Å². The summed E-state index contributed by atoms with van der Waals surface area (Å²) in [5, 5.41) is 11.2. The Balaban J connectivity index is 3.10. The van der Waals surface area contributed by atoms with Crippen molar-refractivity contribution in [3.05, 3.63) is 29.8 Å². The minimum atomic E-state index is -3.85. The number of unbranched alkanes of at least 4 members (excludes halogenated alkanes) is 10. The molecule has 270 valence electrons. The van der Waals surface area contributed by atoms with E-state index in [1.165, 1.54) is 57.8 Å². The van der Waals surface area contributed by atoms with E-state index in [1.54, 1.807) is 12.1 Å². The van der Waals surface area contributed by atoms with Gasteiger partial charge in [0.25, 0.3) is 0 Å². The van der Waals surface area contributed by atoms with E-state index in [1.807, 2.05) is 19.1 Å². The monoisotopic (exact) mass is 699 g/mol. The van der Waals surface area contributed by atoms with Crippen LogP contribution in [0.4, 0.5) is 0 Å². The highest BCUT2D eigenvalue weighted by molar-refractivity contribution is 7.89. The van der Waals surface area contributed by atoms with Crippen molar-refractivity contribution >= 4 is 26.7 Å². The second kappa shape index (κ2) is 19.6. The smallest absolute Gasteiger partial charge is 0.240 e. The predicted octanol–water partition coefficient (Wildman–Crippen LogP) is 10.5. The summed E-state index contributed by atoms with van der Waals surface area (Å²) >= 11 is 0. The molecule has 1 aromatic carbocycles. The topological polar surface area (TPSA) is 84.9 Å². The molecular weight excluding hydrogens is 627 g/mol. The summed E-state index contributed by atoms with van der Waals surface area (Å²) in [6.07, 6.45) is 13.8. The van der Waals surface area contributed by atoms with E-state index in [4.69, 9.17) is 8.85 Å². The molecule has 1 rings (SSSR count). The van der Waals surface area contributed by atoms with Crippen LogP contribution in [0.1, 0.15) is 138 Å². The van der Waals surface area contributed by atoms with Gasteiger partial charge in [0.1, 0.15) is 0 Å². The molecule has 0 radical (unpaired) electrons. The molecule has 0 saturated carbocycles. The molecule has 46 heavy (non-hydrogen) atoms. The Kier molecular flexibility index (Phi) is 18.5. The molecule has 0 aliphatic heterocycles. The van der Waals surface area contributed by atoms with Gasteiger partial charge < -0.3 is 14.0 Å². The van der Waals surface area contributed by atoms with Gasteiger partial charge in [0.2, 0.25) is 10.0 Å². The largest absolute Gasteiger partial charge is 0.415 e. The van der Waals surface area contributed by atoms with Crippen LogP contribution < -0.4 is 4.72 Å². The Morgan fingerprint density at radius 1 is 0.761 bits per heavy atom. The Morgan fingerprint density at radius 3 is 1.67 bits per heavy atom. The lowest BCUT2D eigenvalue weighted by Gasteiger charge is -2.43. The highest BCUT2D eigenvalue weighted by Crippen LogP contribution is 2.39. The first kappa shape index (κ1) is 43.5. The molecule has 0 aliphatic rings. The average molecular weight is 700 g/mol. The highest BCUT2D eigenvalue weighted by atomic mass is 32.2. The van der Waals surface area contributed by atoms with Crippen LogP contribution in [0.15, 0.2) is 29.2 Å². The maximum Gasteiger partial charge on any atom is 0.240 e. The number of nitrogens with one attached hydrogen (secondary N) is 1. The molecule has 0 amide bonds. The van der Waals surface area contributed by atoms with E-state index in [0.29, 0.717) is 12.8 Å². The normalized spacial score (nSPS) is 15.6. The van der Waals surface area contributed by atoms with E-state index < -0.39 is 44.9 Å². The van der Waals surface area contributed by atoms with Crippen molar-refractivity contribution in [3.63, 3.8) is 0 Å². The van der Waals surface area contributed by atoms with Gasteiger partial charge in [-0.05, 0) is 68.2 Å². The molecule has 1 aromatic rings. The molecule has 0 aliphatic carbocycles. The minimum Gasteiger partial charge on any atom is -0.415 e. The lowest BCUT2D eigenvalue weighted by Crippen LogP contribution is -2.55. The van der Waals surface area contributed by atoms with E-state index >= 15 is 0 Å². The third-order valence-electron chi connectivity index (χ3n) is 10.4. The molecule has 3 atom stereocenters. The van der Waals surface area contributed by atoms with Gasteiger partial charge >= 0.3 is 0 Å². The van der Waals surface area contributed by atoms with Gasteiger partial charge in [0.15, 0.2) is 16.6 Å². The Morgan fingerprint density at radius 2 is 1.22 bits per heavy atom. The van der Waals surface area contributed by atoms with E-state index in [0.717, 1.165) is 18.4 Å². The average Bonchev–Trinajstić information content (AvgIpc) is 2.92. The second-order valence-corrected chi connectivity index (χ2v) is 28.0. The molecular formula is C37H73NO5SSi2. The fraction of sp³-hybridized carbons (Fsp3) is 0.838. The van der Waals surface area contributed by atoms with E-state index in [-0.39, 0.29) is 21.6 Å². The zero-order valence-electron chi connectivity index (χ0n) is 31.9. The molecule has 0 fully saturated rings. The van der Waals surface area contributed by atoms with Gasteiger partial charge in [-0.25, -0.2) is 13.1 Å². The van der Waals surface area contributed by atoms with Gasteiger partial charge in [-0.1, -0.05) is 137 Å². The van der Waals surface area contributed by atoms with E-state index in [2.05, 4.69) is 79.4 Å². The molecule has 0 bridgehead atoms. The van der Waals surface area contributed by atoms with Crippen molar-refractivity contribution < 1.29 is 22.4 Å². The van der Waals surface area contributed by atoms with Gasteiger partial charge in [0.05, 0.1) is 29.8 Å². The summed E-state index contributed by atoms with van der Waals surface area (Å²) in [6, 6.07) is 6.29. The van der Waals surface area contributed by atoms with Crippen LogP contribution in [0.2, 0.25) is 36.3 Å². The number of hydrogen-bond donors (Lipinski definition) is 2. The summed E-state index contributed by atoms with van der Waals surface area (Å²) in [5.41, 5.74) is 1.00. The van der Waals surface area contributed by atoms with Crippen molar-refractivity contribution in [1.29, 1.82) is 0 Å². The lowest BCUT2D eigenvalue weighted by atomic mass is 10.00. The van der Waals surface area contributed by atoms with Crippen molar-refractivity contribution in [3.8, 4) is 0 Å². The van der Waals surface area contributed by atoms with Gasteiger partial charge in [-0.3, -0.25) is 0 Å². The number of aliphatic hydroxyl groups is 1. The fourth-order valence-electron chi connectivity index (χ4n) is 5.00. The number of aliphatic hydroxyl groups excluding tert-OH is 1. The van der Waals surface area contributed by atoms with E-state index in [9.17, 15) is 13.5 Å². The Bertz CT molecular complexity index is 1080. The zero-order valence-corrected chi connectivity index (χ0v) is 34.7. The molecule has 0 spiro atoms. The Hall–Kier alpha value is -0.556. The first-order chi connectivity index (χ1) is 21.1. The fourth-order valence-corrected chi connectivity index (χ4v) is 8.65. The molecule has 0 heterocycles. The maximum atomic E-state index is 13.8. The standard InChI is InChI=1S/C37H73NO5SSi2/c1-13-14-15-16-17-18-19-20-21-22-23-24-32(39)29-35(43-46(11,12)37(6,7)8)34(30-42-45(9,10)36(3,4)5)38-44(40,41)33-27-25-31(2)26-28-33/h25-28,32,34-35,38-39H,13-24,29-30H2,1-12H3/t32-,34+,35+/m1/s1. The number of sulfonamides is 1. The summed E-state index contributed by atoms with van der Waals surface area (Å²) in [4.78, 5) is 0.225. The third kappa shape index (κ3) is 15.8. The maximum absolute atomic E-state index is 13.8. The van der Waals surface area contributed by atoms with Crippen LogP contribution in [-0.2, 0) is 18.9 Å². The molecule has 9 heteroatoms. The van der Waals surface area contributed by atoms with Crippen LogP contribution in [0, 0.1) is 6.92 Å². The van der Waals surface area contributed by atoms with Crippen LogP contribution >= 0.6 is 0 Å². The van der Waals surface area contributed by atoms with Crippen LogP contribution in [0.25, 0.3) is 0 Å². The summed E-state index contributed by atoms with van der Waals surface area (Å²) < 4.78 is 44.1.